The van der Waals surface area contributed by atoms with Gasteiger partial charge in [0.05, 0.1) is 19.1 Å². The fraction of sp³-hybridized carbons (Fsp3) is 0.273. The molecule has 78 valence electrons. The number of carbonyl (C=O) groups excluding carboxylic acids is 2. The lowest BCUT2D eigenvalue weighted by Gasteiger charge is -2.03. The Balaban J connectivity index is 2.34. The number of hydrogen-bond acceptors (Lipinski definition) is 4. The molecule has 0 saturated heterocycles. The molecule has 0 spiro atoms. The Morgan fingerprint density at radius 2 is 2.33 bits per heavy atom. The predicted molar refractivity (Wildman–Crippen MR) is 51.3 cm³/mol. The molecule has 1 heterocycles. The van der Waals surface area contributed by atoms with Crippen LogP contribution in [0.2, 0.25) is 0 Å². The highest BCUT2D eigenvalue weighted by atomic mass is 16.5. The highest BCUT2D eigenvalue weighted by Crippen LogP contribution is 2.23. The molecule has 0 saturated carbocycles. The number of cyclic esters (lactones) is 1. The van der Waals surface area contributed by atoms with Gasteiger partial charge in [0, 0.05) is 5.56 Å². The van der Waals surface area contributed by atoms with Gasteiger partial charge in [-0.2, -0.15) is 0 Å². The van der Waals surface area contributed by atoms with Gasteiger partial charge in [0.1, 0.15) is 6.61 Å². The minimum Gasteiger partial charge on any atom is -0.469 e. The van der Waals surface area contributed by atoms with Crippen molar-refractivity contribution < 1.29 is 19.1 Å². The van der Waals surface area contributed by atoms with E-state index in [0.717, 1.165) is 11.1 Å². The van der Waals surface area contributed by atoms with Gasteiger partial charge in [-0.15, -0.1) is 0 Å². The van der Waals surface area contributed by atoms with Gasteiger partial charge in [0.25, 0.3) is 0 Å². The molecule has 0 fully saturated rings. The van der Waals surface area contributed by atoms with Crippen LogP contribution in [0.1, 0.15) is 21.5 Å². The van der Waals surface area contributed by atoms with Crippen LogP contribution < -0.4 is 0 Å². The third-order valence-corrected chi connectivity index (χ3v) is 2.40. The van der Waals surface area contributed by atoms with Crippen LogP contribution in [0.25, 0.3) is 0 Å². The Labute approximate surface area is 86.8 Å². The van der Waals surface area contributed by atoms with Crippen LogP contribution in [0.15, 0.2) is 18.2 Å². The van der Waals surface area contributed by atoms with Crippen molar-refractivity contribution in [2.24, 2.45) is 0 Å². The van der Waals surface area contributed by atoms with E-state index in [9.17, 15) is 9.59 Å². The topological polar surface area (TPSA) is 52.6 Å². The Bertz CT molecular complexity index is 423. The minimum atomic E-state index is -0.322. The first-order chi connectivity index (χ1) is 7.22. The van der Waals surface area contributed by atoms with Crippen LogP contribution in [-0.2, 0) is 27.3 Å². The number of benzene rings is 1. The molecule has 1 aromatic carbocycles. The standard InChI is InChI=1S/C11H10O4/c1-14-10(12)5-7-3-2-4-8-9(7)6-15-11(8)13/h2-4H,5-6H2,1H3. The summed E-state index contributed by atoms with van der Waals surface area (Å²) in [4.78, 5) is 22.3. The number of rotatable bonds is 2. The number of methoxy groups -OCH3 is 1. The van der Waals surface area contributed by atoms with E-state index in [1.54, 1.807) is 18.2 Å². The maximum Gasteiger partial charge on any atom is 0.338 e. The molecule has 1 aromatic rings. The SMILES string of the molecule is COC(=O)Cc1cccc2c1COC2=O. The van der Waals surface area contributed by atoms with Gasteiger partial charge in [0.15, 0.2) is 0 Å². The molecule has 1 aliphatic rings. The fourth-order valence-electron chi connectivity index (χ4n) is 1.61. The fourth-order valence-corrected chi connectivity index (χ4v) is 1.61. The smallest absolute Gasteiger partial charge is 0.338 e. The van der Waals surface area contributed by atoms with Gasteiger partial charge in [-0.25, -0.2) is 4.79 Å². The molecule has 0 atom stereocenters. The monoisotopic (exact) mass is 206 g/mol. The number of esters is 2. The van der Waals surface area contributed by atoms with E-state index in [1.807, 2.05) is 0 Å². The number of carbonyl (C=O) groups is 2. The summed E-state index contributed by atoms with van der Waals surface area (Å²) in [7, 11) is 1.34. The van der Waals surface area contributed by atoms with Gasteiger partial charge < -0.3 is 9.47 Å². The largest absolute Gasteiger partial charge is 0.469 e. The second-order valence-corrected chi connectivity index (χ2v) is 3.27. The maximum atomic E-state index is 11.2. The average Bonchev–Trinajstić information content (AvgIpc) is 2.62. The zero-order valence-corrected chi connectivity index (χ0v) is 8.28. The molecular formula is C11H10O4. The average molecular weight is 206 g/mol. The molecule has 0 aliphatic carbocycles. The van der Waals surface area contributed by atoms with Crippen LogP contribution >= 0.6 is 0 Å². The molecule has 1 aliphatic heterocycles. The first kappa shape index (κ1) is 9.71. The highest BCUT2D eigenvalue weighted by Gasteiger charge is 2.24. The lowest BCUT2D eigenvalue weighted by molar-refractivity contribution is -0.139. The summed E-state index contributed by atoms with van der Waals surface area (Å²) in [5.74, 6) is -0.639. The number of ether oxygens (including phenoxy) is 2. The van der Waals surface area contributed by atoms with Crippen LogP contribution in [-0.4, -0.2) is 19.0 Å². The molecule has 0 radical (unpaired) electrons. The lowest BCUT2D eigenvalue weighted by Crippen LogP contribution is -2.06. The Hall–Kier alpha value is -1.84. The third-order valence-electron chi connectivity index (χ3n) is 2.40. The van der Waals surface area contributed by atoms with Crippen molar-refractivity contribution in [1.82, 2.24) is 0 Å². The first-order valence-corrected chi connectivity index (χ1v) is 4.57. The summed E-state index contributed by atoms with van der Waals surface area (Å²) in [5.41, 5.74) is 2.15. The molecule has 0 amide bonds. The van der Waals surface area contributed by atoms with Crippen LogP contribution in [0.5, 0.6) is 0 Å². The van der Waals surface area contributed by atoms with Crippen LogP contribution in [0.3, 0.4) is 0 Å². The number of hydrogen-bond donors (Lipinski definition) is 0. The van der Waals surface area contributed by atoms with Crippen molar-refractivity contribution in [3.8, 4) is 0 Å². The van der Waals surface area contributed by atoms with Crippen molar-refractivity contribution in [3.05, 3.63) is 34.9 Å². The van der Waals surface area contributed by atoms with E-state index in [2.05, 4.69) is 4.74 Å². The summed E-state index contributed by atoms with van der Waals surface area (Å²) < 4.78 is 9.46. The van der Waals surface area contributed by atoms with Gasteiger partial charge >= 0.3 is 11.9 Å². The van der Waals surface area contributed by atoms with E-state index >= 15 is 0 Å². The molecule has 0 bridgehead atoms. The first-order valence-electron chi connectivity index (χ1n) is 4.57. The highest BCUT2D eigenvalue weighted by molar-refractivity contribution is 5.94. The molecule has 0 unspecified atom stereocenters. The summed E-state index contributed by atoms with van der Waals surface area (Å²) in [5, 5.41) is 0. The second kappa shape index (κ2) is 3.73. The van der Waals surface area contributed by atoms with Crippen molar-refractivity contribution in [2.45, 2.75) is 13.0 Å². The van der Waals surface area contributed by atoms with Crippen molar-refractivity contribution >= 4 is 11.9 Å². The molecule has 15 heavy (non-hydrogen) atoms. The van der Waals surface area contributed by atoms with E-state index in [4.69, 9.17) is 4.74 Å². The Morgan fingerprint density at radius 3 is 3.07 bits per heavy atom. The molecule has 2 rings (SSSR count). The predicted octanol–water partition coefficient (Wildman–Crippen LogP) is 1.07. The van der Waals surface area contributed by atoms with Gasteiger partial charge in [-0.05, 0) is 11.6 Å². The Kier molecular flexibility index (Phi) is 2.41. The molecule has 4 heteroatoms. The summed E-state index contributed by atoms with van der Waals surface area (Å²) in [6, 6.07) is 5.24. The minimum absolute atomic E-state index is 0.177. The zero-order chi connectivity index (χ0) is 10.8. The van der Waals surface area contributed by atoms with Crippen molar-refractivity contribution in [2.75, 3.05) is 7.11 Å². The van der Waals surface area contributed by atoms with Crippen molar-refractivity contribution in [3.63, 3.8) is 0 Å². The summed E-state index contributed by atoms with van der Waals surface area (Å²) in [6.45, 7) is 0.251. The molecule has 4 nitrogen and oxygen atoms in total. The van der Waals surface area contributed by atoms with E-state index in [0.29, 0.717) is 5.56 Å². The van der Waals surface area contributed by atoms with E-state index in [1.165, 1.54) is 7.11 Å². The molecule has 0 aromatic heterocycles. The third kappa shape index (κ3) is 1.70. The normalized spacial score (nSPS) is 13.3. The van der Waals surface area contributed by atoms with E-state index in [-0.39, 0.29) is 25.0 Å². The van der Waals surface area contributed by atoms with Gasteiger partial charge in [0.2, 0.25) is 0 Å². The Morgan fingerprint density at radius 1 is 1.53 bits per heavy atom. The summed E-state index contributed by atoms with van der Waals surface area (Å²) in [6.07, 6.45) is 0.177. The van der Waals surface area contributed by atoms with Gasteiger partial charge in [-0.3, -0.25) is 4.79 Å². The molecular weight excluding hydrogens is 196 g/mol. The van der Waals surface area contributed by atoms with E-state index < -0.39 is 0 Å². The van der Waals surface area contributed by atoms with Gasteiger partial charge in [-0.1, -0.05) is 12.1 Å². The second-order valence-electron chi connectivity index (χ2n) is 3.27. The van der Waals surface area contributed by atoms with Crippen LogP contribution in [0, 0.1) is 0 Å². The maximum absolute atomic E-state index is 11.2. The quantitative estimate of drug-likeness (QED) is 0.679. The molecule has 0 N–H and O–H groups in total. The zero-order valence-electron chi connectivity index (χ0n) is 8.28. The number of fused-ring (bicyclic) bond motifs is 1. The van der Waals surface area contributed by atoms with Crippen LogP contribution in [0.4, 0.5) is 0 Å². The lowest BCUT2D eigenvalue weighted by atomic mass is 10.0. The van der Waals surface area contributed by atoms with Crippen molar-refractivity contribution in [1.29, 1.82) is 0 Å². The summed E-state index contributed by atoms with van der Waals surface area (Å²) >= 11 is 0.